The van der Waals surface area contributed by atoms with Crippen molar-refractivity contribution in [2.24, 2.45) is 23.5 Å². The molecule has 2 aliphatic rings. The quantitative estimate of drug-likeness (QED) is 0.742. The molecule has 1 heteroatoms. The zero-order valence-corrected chi connectivity index (χ0v) is 11.4. The molecule has 0 aromatic carbocycles. The van der Waals surface area contributed by atoms with Crippen molar-refractivity contribution in [3.63, 3.8) is 0 Å². The second-order valence-corrected chi connectivity index (χ2v) is 5.41. The lowest BCUT2D eigenvalue weighted by molar-refractivity contribution is 0.169. The predicted octanol–water partition coefficient (Wildman–Crippen LogP) is 4.36. The maximum atomic E-state index is 5.73. The van der Waals surface area contributed by atoms with Gasteiger partial charge in [0.2, 0.25) is 0 Å². The van der Waals surface area contributed by atoms with Crippen molar-refractivity contribution in [2.45, 2.75) is 71.6 Å². The monoisotopic (exact) mass is 225 g/mol. The van der Waals surface area contributed by atoms with E-state index in [9.17, 15) is 0 Å². The van der Waals surface area contributed by atoms with Crippen molar-refractivity contribution in [2.75, 3.05) is 6.54 Å². The van der Waals surface area contributed by atoms with Gasteiger partial charge in [-0.05, 0) is 50.0 Å². The molecular formula is C15H31N. The first kappa shape index (κ1) is 14.0. The molecule has 0 saturated heterocycles. The molecule has 0 aromatic heterocycles. The summed E-state index contributed by atoms with van der Waals surface area (Å²) in [6.45, 7) is 4.93. The van der Waals surface area contributed by atoms with Gasteiger partial charge < -0.3 is 5.73 Å². The van der Waals surface area contributed by atoms with Gasteiger partial charge in [0, 0.05) is 0 Å². The van der Waals surface area contributed by atoms with Gasteiger partial charge in [-0.25, -0.2) is 0 Å². The van der Waals surface area contributed by atoms with Crippen LogP contribution in [0.15, 0.2) is 0 Å². The highest BCUT2D eigenvalue weighted by Gasteiger charge is 2.27. The molecule has 2 saturated carbocycles. The maximum Gasteiger partial charge on any atom is -0.00489 e. The van der Waals surface area contributed by atoms with Gasteiger partial charge in [-0.2, -0.15) is 0 Å². The van der Waals surface area contributed by atoms with Crippen LogP contribution in [0.3, 0.4) is 0 Å². The van der Waals surface area contributed by atoms with E-state index in [4.69, 9.17) is 5.73 Å². The van der Waals surface area contributed by atoms with Crippen molar-refractivity contribution >= 4 is 0 Å². The molecular weight excluding hydrogens is 194 g/mol. The third-order valence-corrected chi connectivity index (χ3v) is 4.54. The smallest absolute Gasteiger partial charge is 0.00489 e. The van der Waals surface area contributed by atoms with Crippen LogP contribution in [0.1, 0.15) is 71.6 Å². The Hall–Kier alpha value is -0.0400. The minimum atomic E-state index is 0.856. The fourth-order valence-electron chi connectivity index (χ4n) is 3.50. The van der Waals surface area contributed by atoms with E-state index in [2.05, 4.69) is 0 Å². The van der Waals surface area contributed by atoms with Crippen LogP contribution in [0.5, 0.6) is 0 Å². The van der Waals surface area contributed by atoms with Gasteiger partial charge in [0.15, 0.2) is 0 Å². The van der Waals surface area contributed by atoms with Gasteiger partial charge in [-0.3, -0.25) is 0 Å². The zero-order chi connectivity index (χ0) is 11.8. The first-order valence-corrected chi connectivity index (χ1v) is 7.60. The number of hydrogen-bond donors (Lipinski definition) is 1. The Morgan fingerprint density at radius 3 is 1.75 bits per heavy atom. The summed E-state index contributed by atoms with van der Waals surface area (Å²) in [7, 11) is 0. The number of nitrogens with two attached hydrogens (primary N) is 1. The van der Waals surface area contributed by atoms with Crippen molar-refractivity contribution < 1.29 is 0 Å². The molecule has 2 rings (SSSR count). The second kappa shape index (κ2) is 8.11. The molecule has 2 N–H and O–H groups in total. The molecule has 2 aliphatic carbocycles. The highest BCUT2D eigenvalue weighted by Crippen LogP contribution is 2.39. The summed E-state index contributed by atoms with van der Waals surface area (Å²) >= 11 is 0. The molecule has 0 heterocycles. The summed E-state index contributed by atoms with van der Waals surface area (Å²) < 4.78 is 0. The topological polar surface area (TPSA) is 26.0 Å². The van der Waals surface area contributed by atoms with E-state index in [1.165, 1.54) is 57.8 Å². The van der Waals surface area contributed by atoms with Gasteiger partial charge in [0.25, 0.3) is 0 Å². The Morgan fingerprint density at radius 2 is 1.25 bits per heavy atom. The minimum Gasteiger partial charge on any atom is -0.330 e. The first-order valence-electron chi connectivity index (χ1n) is 7.60. The molecule has 2 fully saturated rings. The van der Waals surface area contributed by atoms with E-state index in [0.717, 1.165) is 24.3 Å². The molecule has 0 unspecified atom stereocenters. The molecule has 16 heavy (non-hydrogen) atoms. The third kappa shape index (κ3) is 4.08. The fraction of sp³-hybridized carbons (Fsp3) is 1.00. The number of rotatable bonds is 2. The average Bonchev–Trinajstić information content (AvgIpc) is 2.42. The molecule has 0 spiro atoms. The lowest BCUT2D eigenvalue weighted by Crippen LogP contribution is -2.26. The van der Waals surface area contributed by atoms with Gasteiger partial charge in [0.1, 0.15) is 0 Å². The van der Waals surface area contributed by atoms with Crippen LogP contribution >= 0.6 is 0 Å². The van der Waals surface area contributed by atoms with Crippen LogP contribution in [0.2, 0.25) is 0 Å². The van der Waals surface area contributed by atoms with Crippen LogP contribution in [0, 0.1) is 17.8 Å². The molecule has 1 nitrogen and oxygen atoms in total. The molecule has 0 aliphatic heterocycles. The van der Waals surface area contributed by atoms with E-state index in [-0.39, 0.29) is 0 Å². The van der Waals surface area contributed by atoms with Gasteiger partial charge >= 0.3 is 0 Å². The molecule has 0 amide bonds. The Labute approximate surface area is 102 Å². The molecule has 0 bridgehead atoms. The molecule has 96 valence electrons. The SMILES string of the molecule is CC.NCC1CCC(C2CCCCC2)CC1. The fourth-order valence-corrected chi connectivity index (χ4v) is 3.50. The largest absolute Gasteiger partial charge is 0.330 e. The summed E-state index contributed by atoms with van der Waals surface area (Å²) in [6.07, 6.45) is 13.3. The molecule has 0 radical (unpaired) electrons. The van der Waals surface area contributed by atoms with Crippen molar-refractivity contribution in [1.82, 2.24) is 0 Å². The highest BCUT2D eigenvalue weighted by molar-refractivity contribution is 4.79. The first-order chi connectivity index (χ1) is 7.90. The molecule has 0 aromatic rings. The van der Waals surface area contributed by atoms with Gasteiger partial charge in [-0.1, -0.05) is 46.0 Å². The van der Waals surface area contributed by atoms with Crippen LogP contribution in [-0.2, 0) is 0 Å². The van der Waals surface area contributed by atoms with E-state index in [1.807, 2.05) is 13.8 Å². The van der Waals surface area contributed by atoms with Crippen molar-refractivity contribution in [1.29, 1.82) is 0 Å². The Morgan fingerprint density at radius 1 is 0.750 bits per heavy atom. The standard InChI is InChI=1S/C13H25N.C2H6/c14-10-11-6-8-13(9-7-11)12-4-2-1-3-5-12;1-2/h11-13H,1-10,14H2;1-2H3. The third-order valence-electron chi connectivity index (χ3n) is 4.54. The summed E-state index contributed by atoms with van der Waals surface area (Å²) in [5.41, 5.74) is 5.73. The van der Waals surface area contributed by atoms with Gasteiger partial charge in [-0.15, -0.1) is 0 Å². The summed E-state index contributed by atoms with van der Waals surface area (Å²) in [5, 5.41) is 0. The Balaban J connectivity index is 0.000000606. The van der Waals surface area contributed by atoms with Crippen LogP contribution in [-0.4, -0.2) is 6.54 Å². The highest BCUT2D eigenvalue weighted by atomic mass is 14.6. The van der Waals surface area contributed by atoms with E-state index in [0.29, 0.717) is 0 Å². The average molecular weight is 225 g/mol. The zero-order valence-electron chi connectivity index (χ0n) is 11.4. The second-order valence-electron chi connectivity index (χ2n) is 5.41. The van der Waals surface area contributed by atoms with Crippen LogP contribution in [0.25, 0.3) is 0 Å². The molecule has 0 atom stereocenters. The van der Waals surface area contributed by atoms with Crippen molar-refractivity contribution in [3.05, 3.63) is 0 Å². The summed E-state index contributed by atoms with van der Waals surface area (Å²) in [6, 6.07) is 0. The van der Waals surface area contributed by atoms with E-state index in [1.54, 1.807) is 0 Å². The predicted molar refractivity (Wildman–Crippen MR) is 72.4 cm³/mol. The van der Waals surface area contributed by atoms with Gasteiger partial charge in [0.05, 0.1) is 0 Å². The minimum absolute atomic E-state index is 0.856. The Bertz CT molecular complexity index is 153. The van der Waals surface area contributed by atoms with Crippen LogP contribution in [0.4, 0.5) is 0 Å². The normalized spacial score (nSPS) is 31.7. The van der Waals surface area contributed by atoms with E-state index < -0.39 is 0 Å². The summed E-state index contributed by atoms with van der Waals surface area (Å²) in [4.78, 5) is 0. The van der Waals surface area contributed by atoms with Crippen molar-refractivity contribution in [3.8, 4) is 0 Å². The number of hydrogen-bond acceptors (Lipinski definition) is 1. The summed E-state index contributed by atoms with van der Waals surface area (Å²) in [5.74, 6) is 3.01. The Kier molecular flexibility index (Phi) is 7.11. The van der Waals surface area contributed by atoms with Crippen LogP contribution < -0.4 is 5.73 Å². The lowest BCUT2D eigenvalue weighted by atomic mass is 9.71. The maximum absolute atomic E-state index is 5.73. The van der Waals surface area contributed by atoms with E-state index >= 15 is 0 Å². The lowest BCUT2D eigenvalue weighted by Gasteiger charge is -2.35.